The number of aromatic nitrogens is 1. The molecule has 2 aromatic carbocycles. The number of hydrogen-bond donors (Lipinski definition) is 2. The molecule has 0 saturated heterocycles. The van der Waals surface area contributed by atoms with Crippen molar-refractivity contribution in [1.29, 1.82) is 0 Å². The standard InChI is InChI=1S/C28H28N2O5S/c1-17(2)35-24(28(32)33)14-19-9-10-23(21-11-12-34-16-21)22(13-19)15-29-26(31)25-18(3)30-27(36-25)20-7-5-4-6-8-20/h4-13,16-17,24H,14-15H2,1-3H3,(H,29,31)(H,32,33). The molecule has 1 atom stereocenters. The zero-order chi connectivity index (χ0) is 25.7. The number of aryl methyl sites for hydroxylation is 1. The van der Waals surface area contributed by atoms with Crippen LogP contribution >= 0.6 is 11.3 Å². The van der Waals surface area contributed by atoms with E-state index in [1.165, 1.54) is 11.3 Å². The Bertz CT molecular complexity index is 1330. The lowest BCUT2D eigenvalue weighted by molar-refractivity contribution is -0.153. The smallest absolute Gasteiger partial charge is 0.333 e. The molecule has 7 nitrogen and oxygen atoms in total. The number of furan rings is 1. The third-order valence-corrected chi connectivity index (χ3v) is 6.80. The van der Waals surface area contributed by atoms with Gasteiger partial charge in [-0.15, -0.1) is 11.3 Å². The van der Waals surface area contributed by atoms with Crippen molar-refractivity contribution < 1.29 is 23.8 Å². The van der Waals surface area contributed by atoms with Crippen LogP contribution < -0.4 is 5.32 Å². The van der Waals surface area contributed by atoms with Crippen molar-refractivity contribution in [3.8, 4) is 21.7 Å². The third-order valence-electron chi connectivity index (χ3n) is 5.60. The lowest BCUT2D eigenvalue weighted by Gasteiger charge is -2.18. The molecule has 0 spiro atoms. The van der Waals surface area contributed by atoms with Gasteiger partial charge in [-0.1, -0.05) is 48.5 Å². The zero-order valence-electron chi connectivity index (χ0n) is 20.4. The summed E-state index contributed by atoms with van der Waals surface area (Å²) in [5, 5.41) is 13.4. The van der Waals surface area contributed by atoms with Gasteiger partial charge in [0.15, 0.2) is 6.10 Å². The molecule has 1 unspecified atom stereocenters. The van der Waals surface area contributed by atoms with E-state index in [1.807, 2.05) is 75.4 Å². The summed E-state index contributed by atoms with van der Waals surface area (Å²) in [6.07, 6.45) is 2.28. The van der Waals surface area contributed by atoms with Crippen LogP contribution in [0.5, 0.6) is 0 Å². The van der Waals surface area contributed by atoms with Gasteiger partial charge in [-0.3, -0.25) is 4.79 Å². The van der Waals surface area contributed by atoms with Gasteiger partial charge in [0.05, 0.1) is 24.3 Å². The minimum absolute atomic E-state index is 0.206. The average molecular weight is 505 g/mol. The van der Waals surface area contributed by atoms with Gasteiger partial charge >= 0.3 is 5.97 Å². The maximum Gasteiger partial charge on any atom is 0.333 e. The van der Waals surface area contributed by atoms with Crippen molar-refractivity contribution in [3.05, 3.63) is 88.8 Å². The van der Waals surface area contributed by atoms with Gasteiger partial charge in [0.2, 0.25) is 0 Å². The SMILES string of the molecule is Cc1nc(-c2ccccc2)sc1C(=O)NCc1cc(CC(OC(C)C)C(=O)O)ccc1-c1ccoc1. The van der Waals surface area contributed by atoms with Crippen LogP contribution in [0.1, 0.15) is 40.3 Å². The molecule has 2 heterocycles. The van der Waals surface area contributed by atoms with E-state index in [1.54, 1.807) is 12.5 Å². The van der Waals surface area contributed by atoms with E-state index in [0.717, 1.165) is 32.8 Å². The average Bonchev–Trinajstić information content (AvgIpc) is 3.53. The highest BCUT2D eigenvalue weighted by Crippen LogP contribution is 2.29. The summed E-state index contributed by atoms with van der Waals surface area (Å²) in [5.74, 6) is -1.21. The molecule has 4 aromatic rings. The number of amides is 1. The largest absolute Gasteiger partial charge is 0.479 e. The lowest BCUT2D eigenvalue weighted by Crippen LogP contribution is -2.29. The maximum absolute atomic E-state index is 13.1. The van der Waals surface area contributed by atoms with E-state index in [2.05, 4.69) is 10.3 Å². The molecule has 0 saturated carbocycles. The number of carbonyl (C=O) groups is 2. The molecule has 4 rings (SSSR count). The molecule has 0 aliphatic carbocycles. The Morgan fingerprint density at radius 1 is 1.11 bits per heavy atom. The van der Waals surface area contributed by atoms with Crippen LogP contribution in [0.15, 0.2) is 71.5 Å². The number of aliphatic carboxylic acids is 1. The number of rotatable bonds is 10. The number of thiazole rings is 1. The quantitative estimate of drug-likeness (QED) is 0.286. The fraction of sp³-hybridized carbons (Fsp3) is 0.250. The van der Waals surface area contributed by atoms with Gasteiger partial charge in [0.25, 0.3) is 5.91 Å². The monoisotopic (exact) mass is 504 g/mol. The first-order valence-electron chi connectivity index (χ1n) is 11.7. The second-order valence-corrected chi connectivity index (χ2v) is 9.70. The number of carboxylic acid groups (broad SMARTS) is 1. The Morgan fingerprint density at radius 2 is 1.89 bits per heavy atom. The maximum atomic E-state index is 13.1. The number of carbonyl (C=O) groups excluding carboxylic acids is 1. The summed E-state index contributed by atoms with van der Waals surface area (Å²) in [4.78, 5) is 29.9. The summed E-state index contributed by atoms with van der Waals surface area (Å²) in [6, 6.07) is 17.3. The van der Waals surface area contributed by atoms with Crippen molar-refractivity contribution in [3.63, 3.8) is 0 Å². The summed E-state index contributed by atoms with van der Waals surface area (Å²) in [7, 11) is 0. The second kappa shape index (κ2) is 11.3. The van der Waals surface area contributed by atoms with Gasteiger partial charge in [0.1, 0.15) is 9.88 Å². The number of ether oxygens (including phenoxy) is 1. The summed E-state index contributed by atoms with van der Waals surface area (Å²) >= 11 is 1.36. The van der Waals surface area contributed by atoms with E-state index in [4.69, 9.17) is 9.15 Å². The zero-order valence-corrected chi connectivity index (χ0v) is 21.2. The van der Waals surface area contributed by atoms with Crippen LogP contribution in [-0.2, 0) is 22.5 Å². The molecular weight excluding hydrogens is 476 g/mol. The Labute approximate surface area is 213 Å². The molecule has 36 heavy (non-hydrogen) atoms. The number of benzene rings is 2. The Balaban J connectivity index is 1.56. The lowest BCUT2D eigenvalue weighted by atomic mass is 9.97. The van der Waals surface area contributed by atoms with E-state index < -0.39 is 12.1 Å². The Hall–Kier alpha value is -3.75. The van der Waals surface area contributed by atoms with Gasteiger partial charge < -0.3 is 19.6 Å². The van der Waals surface area contributed by atoms with Crippen molar-refractivity contribution in [2.75, 3.05) is 0 Å². The van der Waals surface area contributed by atoms with Gasteiger partial charge in [-0.2, -0.15) is 0 Å². The molecule has 0 radical (unpaired) electrons. The van der Waals surface area contributed by atoms with E-state index in [9.17, 15) is 14.7 Å². The molecule has 186 valence electrons. The van der Waals surface area contributed by atoms with Crippen LogP contribution in [0.2, 0.25) is 0 Å². The number of nitrogens with zero attached hydrogens (tertiary/aromatic N) is 1. The molecule has 2 aromatic heterocycles. The third kappa shape index (κ3) is 6.08. The highest BCUT2D eigenvalue weighted by atomic mass is 32.1. The van der Waals surface area contributed by atoms with Crippen LogP contribution in [0.25, 0.3) is 21.7 Å². The highest BCUT2D eigenvalue weighted by molar-refractivity contribution is 7.17. The number of carboxylic acids is 1. The molecule has 1 amide bonds. The van der Waals surface area contributed by atoms with Crippen molar-refractivity contribution in [2.24, 2.45) is 0 Å². The van der Waals surface area contributed by atoms with Gasteiger partial charge in [-0.25, -0.2) is 9.78 Å². The van der Waals surface area contributed by atoms with E-state index in [0.29, 0.717) is 10.6 Å². The molecule has 0 fully saturated rings. The van der Waals surface area contributed by atoms with Crippen LogP contribution in [0, 0.1) is 6.92 Å². The first-order chi connectivity index (χ1) is 17.3. The van der Waals surface area contributed by atoms with E-state index >= 15 is 0 Å². The fourth-order valence-corrected chi connectivity index (χ4v) is 4.91. The predicted octanol–water partition coefficient (Wildman–Crippen LogP) is 5.73. The minimum atomic E-state index is -1.01. The first kappa shape index (κ1) is 25.3. The normalized spacial score (nSPS) is 12.0. The van der Waals surface area contributed by atoms with Gasteiger partial charge in [-0.05, 0) is 43.5 Å². The molecule has 2 N–H and O–H groups in total. The Morgan fingerprint density at radius 3 is 2.56 bits per heavy atom. The minimum Gasteiger partial charge on any atom is -0.479 e. The molecule has 0 bridgehead atoms. The summed E-state index contributed by atoms with van der Waals surface area (Å²) in [5.41, 5.74) is 5.07. The van der Waals surface area contributed by atoms with Crippen LogP contribution in [0.3, 0.4) is 0 Å². The molecule has 8 heteroatoms. The van der Waals surface area contributed by atoms with Crippen molar-refractivity contribution >= 4 is 23.2 Å². The van der Waals surface area contributed by atoms with Crippen molar-refractivity contribution in [2.45, 2.75) is 45.9 Å². The highest BCUT2D eigenvalue weighted by Gasteiger charge is 2.21. The predicted molar refractivity (Wildman–Crippen MR) is 139 cm³/mol. The second-order valence-electron chi connectivity index (χ2n) is 8.70. The molecule has 0 aliphatic heterocycles. The molecular formula is C28H28N2O5S. The Kier molecular flexibility index (Phi) is 7.97. The number of hydrogen-bond acceptors (Lipinski definition) is 6. The van der Waals surface area contributed by atoms with Crippen LogP contribution in [-0.4, -0.2) is 34.2 Å². The topological polar surface area (TPSA) is 102 Å². The number of nitrogens with one attached hydrogen (secondary N) is 1. The summed E-state index contributed by atoms with van der Waals surface area (Å²) < 4.78 is 10.8. The first-order valence-corrected chi connectivity index (χ1v) is 12.5. The van der Waals surface area contributed by atoms with Gasteiger partial charge in [0, 0.05) is 24.1 Å². The summed E-state index contributed by atoms with van der Waals surface area (Å²) in [6.45, 7) is 5.71. The van der Waals surface area contributed by atoms with E-state index in [-0.39, 0.29) is 25.0 Å². The van der Waals surface area contributed by atoms with Crippen molar-refractivity contribution in [1.82, 2.24) is 10.3 Å². The fourth-order valence-electron chi connectivity index (χ4n) is 3.92. The van der Waals surface area contributed by atoms with Crippen LogP contribution in [0.4, 0.5) is 0 Å². The molecule has 0 aliphatic rings.